The van der Waals surface area contributed by atoms with E-state index in [9.17, 15) is 0 Å². The van der Waals surface area contributed by atoms with Gasteiger partial charge in [0.1, 0.15) is 0 Å². The van der Waals surface area contributed by atoms with Gasteiger partial charge >= 0.3 is 0 Å². The fourth-order valence-corrected chi connectivity index (χ4v) is 1.71. The van der Waals surface area contributed by atoms with Crippen LogP contribution in [0.25, 0.3) is 0 Å². The van der Waals surface area contributed by atoms with Crippen LogP contribution in [0.2, 0.25) is 0 Å². The first-order valence-corrected chi connectivity index (χ1v) is 5.55. The molecule has 0 radical (unpaired) electrons. The first-order valence-electron chi connectivity index (χ1n) is 5.55. The number of anilines is 2. The van der Waals surface area contributed by atoms with E-state index in [0.29, 0.717) is 0 Å². The van der Waals surface area contributed by atoms with Crippen LogP contribution in [-0.2, 0) is 0 Å². The first kappa shape index (κ1) is 11.4. The number of H-pyrrole nitrogens is 1. The van der Waals surface area contributed by atoms with E-state index in [0.717, 1.165) is 17.1 Å². The Hall–Kier alpha value is -2.04. The van der Waals surface area contributed by atoms with Gasteiger partial charge in [-0.25, -0.2) is 0 Å². The lowest BCUT2D eigenvalue weighted by atomic mass is 10.2. The normalized spacial score (nSPS) is 12.2. The zero-order valence-corrected chi connectivity index (χ0v) is 10.3. The molecule has 0 spiro atoms. The van der Waals surface area contributed by atoms with Crippen molar-refractivity contribution in [3.8, 4) is 0 Å². The average Bonchev–Trinajstić information content (AvgIpc) is 2.83. The van der Waals surface area contributed by atoms with Crippen LogP contribution in [0.5, 0.6) is 0 Å². The summed E-state index contributed by atoms with van der Waals surface area (Å²) < 4.78 is 0. The average molecular weight is 231 g/mol. The lowest BCUT2D eigenvalue weighted by Gasteiger charge is -2.20. The Morgan fingerprint density at radius 2 is 2.12 bits per heavy atom. The lowest BCUT2D eigenvalue weighted by molar-refractivity contribution is 0.823. The van der Waals surface area contributed by atoms with Gasteiger partial charge in [-0.1, -0.05) is 0 Å². The Balaban J connectivity index is 2.18. The topological polar surface area (TPSA) is 56.8 Å². The third-order valence-electron chi connectivity index (χ3n) is 2.64. The van der Waals surface area contributed by atoms with E-state index in [1.807, 2.05) is 32.4 Å². The van der Waals surface area contributed by atoms with Crippen LogP contribution in [0, 0.1) is 0 Å². The van der Waals surface area contributed by atoms with Crippen LogP contribution < -0.4 is 10.2 Å². The number of pyridine rings is 1. The second-order valence-corrected chi connectivity index (χ2v) is 4.17. The molecule has 2 N–H and O–H groups in total. The highest BCUT2D eigenvalue weighted by Crippen LogP contribution is 2.26. The molecular weight excluding hydrogens is 214 g/mol. The van der Waals surface area contributed by atoms with Crippen molar-refractivity contribution < 1.29 is 0 Å². The first-order chi connectivity index (χ1) is 8.18. The van der Waals surface area contributed by atoms with E-state index >= 15 is 0 Å². The number of rotatable bonds is 4. The number of hydrogen-bond acceptors (Lipinski definition) is 4. The van der Waals surface area contributed by atoms with Gasteiger partial charge in [0.2, 0.25) is 0 Å². The van der Waals surface area contributed by atoms with Gasteiger partial charge in [0, 0.05) is 26.5 Å². The number of aromatic amines is 1. The van der Waals surface area contributed by atoms with Gasteiger partial charge in [-0.15, -0.1) is 0 Å². The van der Waals surface area contributed by atoms with Crippen LogP contribution >= 0.6 is 0 Å². The maximum Gasteiger partial charge on any atom is 0.0769 e. The molecule has 2 aromatic rings. The molecule has 2 aromatic heterocycles. The van der Waals surface area contributed by atoms with E-state index in [2.05, 4.69) is 32.3 Å². The molecule has 2 rings (SSSR count). The summed E-state index contributed by atoms with van der Waals surface area (Å²) in [6.07, 6.45) is 5.38. The van der Waals surface area contributed by atoms with Crippen molar-refractivity contribution in [1.29, 1.82) is 0 Å². The largest absolute Gasteiger partial charge is 0.376 e. The third-order valence-corrected chi connectivity index (χ3v) is 2.64. The van der Waals surface area contributed by atoms with Crippen molar-refractivity contribution >= 4 is 11.4 Å². The van der Waals surface area contributed by atoms with Crippen molar-refractivity contribution in [3.05, 3.63) is 36.4 Å². The summed E-state index contributed by atoms with van der Waals surface area (Å²) in [5.41, 5.74) is 3.18. The molecule has 0 saturated heterocycles. The van der Waals surface area contributed by atoms with Crippen molar-refractivity contribution in [2.75, 3.05) is 24.3 Å². The Morgan fingerprint density at radius 3 is 2.76 bits per heavy atom. The maximum atomic E-state index is 4.15. The molecule has 0 aliphatic carbocycles. The molecule has 1 unspecified atom stereocenters. The molecule has 0 aliphatic heterocycles. The van der Waals surface area contributed by atoms with Crippen LogP contribution in [0.3, 0.4) is 0 Å². The standard InChI is InChI=1S/C12H17N5/c1-9(10-4-7-14-16-10)15-11-8-13-6-5-12(11)17(2)3/h4-9,15H,1-3H3,(H,14,16). The van der Waals surface area contributed by atoms with Crippen LogP contribution in [-0.4, -0.2) is 29.3 Å². The molecular formula is C12H17N5. The summed E-state index contributed by atoms with van der Waals surface area (Å²) in [6.45, 7) is 2.08. The molecule has 0 aromatic carbocycles. The van der Waals surface area contributed by atoms with E-state index in [4.69, 9.17) is 0 Å². The number of nitrogens with one attached hydrogen (secondary N) is 2. The molecule has 0 saturated carbocycles. The van der Waals surface area contributed by atoms with E-state index in [1.54, 1.807) is 12.4 Å². The predicted octanol–water partition coefficient (Wildman–Crippen LogP) is 2.04. The smallest absolute Gasteiger partial charge is 0.0769 e. The van der Waals surface area contributed by atoms with Gasteiger partial charge in [0.15, 0.2) is 0 Å². The van der Waals surface area contributed by atoms with Crippen LogP contribution in [0.1, 0.15) is 18.7 Å². The van der Waals surface area contributed by atoms with Crippen molar-refractivity contribution in [2.24, 2.45) is 0 Å². The van der Waals surface area contributed by atoms with Crippen molar-refractivity contribution in [1.82, 2.24) is 15.2 Å². The van der Waals surface area contributed by atoms with Gasteiger partial charge in [-0.05, 0) is 19.1 Å². The minimum atomic E-state index is 0.167. The molecule has 5 heteroatoms. The minimum absolute atomic E-state index is 0.167. The summed E-state index contributed by atoms with van der Waals surface area (Å²) in [5, 5.41) is 10.3. The number of nitrogens with zero attached hydrogens (tertiary/aromatic N) is 3. The molecule has 90 valence electrons. The Bertz CT molecular complexity index is 464. The van der Waals surface area contributed by atoms with Gasteiger partial charge in [-0.2, -0.15) is 5.10 Å². The number of hydrogen-bond donors (Lipinski definition) is 2. The zero-order chi connectivity index (χ0) is 12.3. The predicted molar refractivity (Wildman–Crippen MR) is 69.2 cm³/mol. The third kappa shape index (κ3) is 2.55. The molecule has 0 fully saturated rings. The molecule has 0 bridgehead atoms. The van der Waals surface area contributed by atoms with Crippen molar-refractivity contribution in [2.45, 2.75) is 13.0 Å². The fourth-order valence-electron chi connectivity index (χ4n) is 1.71. The quantitative estimate of drug-likeness (QED) is 0.845. The summed E-state index contributed by atoms with van der Waals surface area (Å²) in [5.74, 6) is 0. The molecule has 0 amide bonds. The molecule has 17 heavy (non-hydrogen) atoms. The SMILES string of the molecule is CC(Nc1cnccc1N(C)C)c1ccn[nH]1. The molecule has 0 aliphatic rings. The highest BCUT2D eigenvalue weighted by Gasteiger charge is 2.10. The highest BCUT2D eigenvalue weighted by atomic mass is 15.1. The minimum Gasteiger partial charge on any atom is -0.376 e. The second kappa shape index (κ2) is 4.86. The van der Waals surface area contributed by atoms with Gasteiger partial charge < -0.3 is 10.2 Å². The maximum absolute atomic E-state index is 4.15. The van der Waals surface area contributed by atoms with Crippen LogP contribution in [0.15, 0.2) is 30.7 Å². The fraction of sp³-hybridized carbons (Fsp3) is 0.333. The zero-order valence-electron chi connectivity index (χ0n) is 10.3. The molecule has 2 heterocycles. The van der Waals surface area contributed by atoms with Gasteiger partial charge in [0.25, 0.3) is 0 Å². The van der Waals surface area contributed by atoms with Gasteiger partial charge in [-0.3, -0.25) is 10.1 Å². The Kier molecular flexibility index (Phi) is 3.27. The molecule has 5 nitrogen and oxygen atoms in total. The van der Waals surface area contributed by atoms with E-state index in [-0.39, 0.29) is 6.04 Å². The lowest BCUT2D eigenvalue weighted by Crippen LogP contribution is -2.14. The Morgan fingerprint density at radius 1 is 1.29 bits per heavy atom. The second-order valence-electron chi connectivity index (χ2n) is 4.17. The van der Waals surface area contributed by atoms with Crippen molar-refractivity contribution in [3.63, 3.8) is 0 Å². The summed E-state index contributed by atoms with van der Waals surface area (Å²) in [7, 11) is 4.03. The van der Waals surface area contributed by atoms with Crippen LogP contribution in [0.4, 0.5) is 11.4 Å². The Labute approximate surface area is 101 Å². The van der Waals surface area contributed by atoms with Gasteiger partial charge in [0.05, 0.1) is 29.3 Å². The number of aromatic nitrogens is 3. The molecule has 1 atom stereocenters. The van der Waals surface area contributed by atoms with E-state index in [1.165, 1.54) is 0 Å². The monoisotopic (exact) mass is 231 g/mol. The highest BCUT2D eigenvalue weighted by molar-refractivity contribution is 5.68. The summed E-state index contributed by atoms with van der Waals surface area (Å²) >= 11 is 0. The summed E-state index contributed by atoms with van der Waals surface area (Å²) in [4.78, 5) is 6.21. The van der Waals surface area contributed by atoms with E-state index < -0.39 is 0 Å². The summed E-state index contributed by atoms with van der Waals surface area (Å²) in [6, 6.07) is 4.12.